The fraction of sp³-hybridized carbons (Fsp3) is 0.400. The third-order valence-corrected chi connectivity index (χ3v) is 4.24. The molecule has 0 radical (unpaired) electrons. The molecule has 0 aliphatic heterocycles. The number of thioether (sulfide) groups is 1. The van der Waals surface area contributed by atoms with Crippen LogP contribution in [-0.4, -0.2) is 27.5 Å². The minimum Gasteiger partial charge on any atom is -0.296 e. The van der Waals surface area contributed by atoms with Gasteiger partial charge < -0.3 is 0 Å². The number of hydrogen-bond donors (Lipinski definition) is 0. The number of nitrogens with zero attached hydrogens (tertiary/aromatic N) is 3. The molecular weight excluding hydrogens is 270 g/mol. The van der Waals surface area contributed by atoms with E-state index in [1.54, 1.807) is 16.4 Å². The third kappa shape index (κ3) is 2.77. The van der Waals surface area contributed by atoms with Crippen LogP contribution in [0.2, 0.25) is 0 Å². The van der Waals surface area contributed by atoms with Crippen molar-refractivity contribution in [2.75, 3.05) is 6.26 Å². The average Bonchev–Trinajstić information content (AvgIpc) is 2.92. The summed E-state index contributed by atoms with van der Waals surface area (Å²) in [4.78, 5) is 12.4. The zero-order valence-electron chi connectivity index (χ0n) is 12.0. The first-order valence-corrected chi connectivity index (χ1v) is 8.02. The maximum atomic E-state index is 11.2. The predicted octanol–water partition coefficient (Wildman–Crippen LogP) is 3.71. The molecule has 0 spiro atoms. The fourth-order valence-corrected chi connectivity index (χ4v) is 2.83. The van der Waals surface area contributed by atoms with E-state index in [4.69, 9.17) is 0 Å². The lowest BCUT2D eigenvalue weighted by Gasteiger charge is -2.15. The molecule has 0 atom stereocenters. The van der Waals surface area contributed by atoms with Crippen molar-refractivity contribution in [3.63, 3.8) is 0 Å². The topological polar surface area (TPSA) is 47.8 Å². The molecule has 0 N–H and O–H groups in total. The molecule has 2 aromatic rings. The molecule has 1 aromatic heterocycles. The standard InChI is InChI=1S/C15H19N3OS/c1-4-11(5-2)15-14(10-19)16-17-18(15)12-7-6-8-13(9-12)20-3/h6-11H,4-5H2,1-3H3. The summed E-state index contributed by atoms with van der Waals surface area (Å²) in [6, 6.07) is 8.12. The molecular formula is C15H19N3OS. The summed E-state index contributed by atoms with van der Waals surface area (Å²) in [5, 5.41) is 8.20. The van der Waals surface area contributed by atoms with Gasteiger partial charge in [-0.2, -0.15) is 0 Å². The van der Waals surface area contributed by atoms with Crippen LogP contribution >= 0.6 is 11.8 Å². The van der Waals surface area contributed by atoms with Gasteiger partial charge in [0.1, 0.15) is 5.69 Å². The van der Waals surface area contributed by atoms with Crippen molar-refractivity contribution in [1.82, 2.24) is 15.0 Å². The molecule has 0 saturated carbocycles. The van der Waals surface area contributed by atoms with E-state index in [-0.39, 0.29) is 0 Å². The molecule has 0 aliphatic carbocycles. The van der Waals surface area contributed by atoms with Crippen molar-refractivity contribution in [1.29, 1.82) is 0 Å². The average molecular weight is 289 g/mol. The van der Waals surface area contributed by atoms with Crippen molar-refractivity contribution in [2.24, 2.45) is 0 Å². The highest BCUT2D eigenvalue weighted by Crippen LogP contribution is 2.27. The number of aromatic nitrogens is 3. The monoisotopic (exact) mass is 289 g/mol. The zero-order valence-corrected chi connectivity index (χ0v) is 12.9. The number of rotatable bonds is 6. The van der Waals surface area contributed by atoms with Gasteiger partial charge in [-0.05, 0) is 37.3 Å². The first-order valence-electron chi connectivity index (χ1n) is 6.80. The lowest BCUT2D eigenvalue weighted by Crippen LogP contribution is -2.08. The summed E-state index contributed by atoms with van der Waals surface area (Å²) in [7, 11) is 0. The van der Waals surface area contributed by atoms with Gasteiger partial charge in [0.15, 0.2) is 6.29 Å². The highest BCUT2D eigenvalue weighted by atomic mass is 32.2. The number of carbonyl (C=O) groups excluding carboxylic acids is 1. The highest BCUT2D eigenvalue weighted by molar-refractivity contribution is 7.98. The minimum atomic E-state index is 0.295. The number of carbonyl (C=O) groups is 1. The molecule has 1 aromatic carbocycles. The summed E-state index contributed by atoms with van der Waals surface area (Å²) in [5.74, 6) is 0.295. The van der Waals surface area contributed by atoms with Crippen LogP contribution in [-0.2, 0) is 0 Å². The highest BCUT2D eigenvalue weighted by Gasteiger charge is 2.20. The lowest BCUT2D eigenvalue weighted by atomic mass is 9.97. The second-order valence-corrected chi connectivity index (χ2v) is 5.48. The van der Waals surface area contributed by atoms with Crippen molar-refractivity contribution in [3.05, 3.63) is 35.7 Å². The Morgan fingerprint density at radius 3 is 2.70 bits per heavy atom. The van der Waals surface area contributed by atoms with Gasteiger partial charge in [0.25, 0.3) is 0 Å². The zero-order chi connectivity index (χ0) is 14.5. The van der Waals surface area contributed by atoms with Crippen LogP contribution in [0.4, 0.5) is 0 Å². The van der Waals surface area contributed by atoms with Crippen LogP contribution in [0.1, 0.15) is 48.8 Å². The molecule has 0 aliphatic rings. The molecule has 20 heavy (non-hydrogen) atoms. The Morgan fingerprint density at radius 2 is 2.10 bits per heavy atom. The fourth-order valence-electron chi connectivity index (χ4n) is 2.38. The summed E-state index contributed by atoms with van der Waals surface area (Å²) < 4.78 is 1.81. The normalized spacial score (nSPS) is 11.0. The molecule has 0 fully saturated rings. The Balaban J connectivity index is 2.55. The molecule has 0 bridgehead atoms. The Kier molecular flexibility index (Phi) is 4.95. The van der Waals surface area contributed by atoms with Gasteiger partial charge in [-0.25, -0.2) is 4.68 Å². The molecule has 2 rings (SSSR count). The Labute approximate surface area is 123 Å². The smallest absolute Gasteiger partial charge is 0.172 e. The first-order chi connectivity index (χ1) is 9.74. The molecule has 0 saturated heterocycles. The van der Waals surface area contributed by atoms with E-state index >= 15 is 0 Å². The van der Waals surface area contributed by atoms with E-state index in [2.05, 4.69) is 36.3 Å². The van der Waals surface area contributed by atoms with Crippen LogP contribution in [0, 0.1) is 0 Å². The molecule has 5 heteroatoms. The summed E-state index contributed by atoms with van der Waals surface area (Å²) in [6.45, 7) is 4.25. The predicted molar refractivity (Wildman–Crippen MR) is 81.9 cm³/mol. The maximum absolute atomic E-state index is 11.2. The van der Waals surface area contributed by atoms with Gasteiger partial charge >= 0.3 is 0 Å². The Morgan fingerprint density at radius 1 is 1.35 bits per heavy atom. The van der Waals surface area contributed by atoms with E-state index in [1.807, 2.05) is 18.4 Å². The van der Waals surface area contributed by atoms with Gasteiger partial charge in [-0.1, -0.05) is 25.1 Å². The maximum Gasteiger partial charge on any atom is 0.172 e. The van der Waals surface area contributed by atoms with Crippen molar-refractivity contribution < 1.29 is 4.79 Å². The van der Waals surface area contributed by atoms with E-state index in [0.29, 0.717) is 11.6 Å². The summed E-state index contributed by atoms with van der Waals surface area (Å²) >= 11 is 1.68. The van der Waals surface area contributed by atoms with Crippen LogP contribution in [0.5, 0.6) is 0 Å². The molecule has 4 nitrogen and oxygen atoms in total. The van der Waals surface area contributed by atoms with E-state index in [1.165, 1.54) is 4.90 Å². The molecule has 0 amide bonds. The SMILES string of the molecule is CCC(CC)c1c(C=O)nnn1-c1cccc(SC)c1. The number of hydrogen-bond acceptors (Lipinski definition) is 4. The number of aldehydes is 1. The Bertz CT molecular complexity index is 591. The molecule has 0 unspecified atom stereocenters. The second-order valence-electron chi connectivity index (χ2n) is 4.60. The summed E-state index contributed by atoms with van der Waals surface area (Å²) in [5.41, 5.74) is 2.33. The van der Waals surface area contributed by atoms with Gasteiger partial charge in [0.05, 0.1) is 11.4 Å². The van der Waals surface area contributed by atoms with Crippen molar-refractivity contribution in [3.8, 4) is 5.69 Å². The minimum absolute atomic E-state index is 0.295. The van der Waals surface area contributed by atoms with Crippen LogP contribution in [0.15, 0.2) is 29.2 Å². The first kappa shape index (κ1) is 14.8. The molecule has 106 valence electrons. The van der Waals surface area contributed by atoms with Crippen LogP contribution < -0.4 is 0 Å². The van der Waals surface area contributed by atoms with Gasteiger partial charge in [-0.15, -0.1) is 16.9 Å². The van der Waals surface area contributed by atoms with E-state index in [9.17, 15) is 4.79 Å². The largest absolute Gasteiger partial charge is 0.296 e. The number of benzene rings is 1. The van der Waals surface area contributed by atoms with Crippen LogP contribution in [0.25, 0.3) is 5.69 Å². The quantitative estimate of drug-likeness (QED) is 0.601. The third-order valence-electron chi connectivity index (χ3n) is 3.51. The Hall–Kier alpha value is -1.62. The van der Waals surface area contributed by atoms with Crippen LogP contribution in [0.3, 0.4) is 0 Å². The summed E-state index contributed by atoms with van der Waals surface area (Å²) in [6.07, 6.45) is 4.77. The van der Waals surface area contributed by atoms with E-state index < -0.39 is 0 Å². The van der Waals surface area contributed by atoms with E-state index in [0.717, 1.165) is 30.5 Å². The lowest BCUT2D eigenvalue weighted by molar-refractivity contribution is 0.111. The second kappa shape index (κ2) is 6.70. The van der Waals surface area contributed by atoms with Gasteiger partial charge in [0.2, 0.25) is 0 Å². The van der Waals surface area contributed by atoms with Gasteiger partial charge in [-0.3, -0.25) is 4.79 Å². The van der Waals surface area contributed by atoms with Crippen molar-refractivity contribution in [2.45, 2.75) is 37.5 Å². The van der Waals surface area contributed by atoms with Gasteiger partial charge in [0, 0.05) is 10.8 Å². The molecule has 1 heterocycles. The van der Waals surface area contributed by atoms with Crippen molar-refractivity contribution >= 4 is 18.0 Å².